The number of hydrogen-bond donors (Lipinski definition) is 1. The van der Waals surface area contributed by atoms with Gasteiger partial charge in [-0.3, -0.25) is 9.59 Å². The molecule has 0 unspecified atom stereocenters. The lowest BCUT2D eigenvalue weighted by Crippen LogP contribution is -2.36. The molecule has 1 aliphatic rings. The summed E-state index contributed by atoms with van der Waals surface area (Å²) in [6.45, 7) is 7.66. The van der Waals surface area contributed by atoms with Crippen molar-refractivity contribution in [2.75, 3.05) is 6.54 Å². The lowest BCUT2D eigenvalue weighted by molar-refractivity contribution is -0.128. The van der Waals surface area contributed by atoms with Gasteiger partial charge in [0.1, 0.15) is 0 Å². The molecule has 0 aromatic heterocycles. The van der Waals surface area contributed by atoms with E-state index in [2.05, 4.69) is 19.2 Å². The molecule has 1 N–H and O–H groups in total. The first kappa shape index (κ1) is 15.5. The summed E-state index contributed by atoms with van der Waals surface area (Å²) in [5.41, 5.74) is 1.73. The average Bonchev–Trinajstić information content (AvgIpc) is 2.85. The summed E-state index contributed by atoms with van der Waals surface area (Å²) < 4.78 is 0. The van der Waals surface area contributed by atoms with Gasteiger partial charge in [-0.05, 0) is 37.0 Å². The van der Waals surface area contributed by atoms with Crippen LogP contribution >= 0.6 is 0 Å². The summed E-state index contributed by atoms with van der Waals surface area (Å²) in [5.74, 6) is 0.594. The van der Waals surface area contributed by atoms with Gasteiger partial charge in [0.15, 0.2) is 0 Å². The van der Waals surface area contributed by atoms with E-state index in [4.69, 9.17) is 0 Å². The molecule has 1 saturated heterocycles. The second-order valence-corrected chi connectivity index (χ2v) is 6.12. The van der Waals surface area contributed by atoms with E-state index in [1.165, 1.54) is 0 Å². The minimum atomic E-state index is -0.0417. The molecule has 2 amide bonds. The third kappa shape index (κ3) is 4.06. The van der Waals surface area contributed by atoms with Crippen LogP contribution < -0.4 is 5.32 Å². The number of carbonyl (C=O) groups excluding carboxylic acids is 2. The van der Waals surface area contributed by atoms with Crippen LogP contribution in [-0.4, -0.2) is 29.3 Å². The van der Waals surface area contributed by atoms with Crippen molar-refractivity contribution in [1.82, 2.24) is 10.2 Å². The fourth-order valence-corrected chi connectivity index (χ4v) is 2.31. The van der Waals surface area contributed by atoms with Crippen LogP contribution in [0.2, 0.25) is 0 Å². The van der Waals surface area contributed by atoms with E-state index in [-0.39, 0.29) is 17.9 Å². The van der Waals surface area contributed by atoms with Crippen molar-refractivity contribution < 1.29 is 9.59 Å². The van der Waals surface area contributed by atoms with Gasteiger partial charge >= 0.3 is 0 Å². The molecule has 114 valence electrons. The first-order chi connectivity index (χ1) is 9.97. The zero-order chi connectivity index (χ0) is 15.4. The molecular weight excluding hydrogens is 264 g/mol. The Balaban J connectivity index is 1.95. The van der Waals surface area contributed by atoms with E-state index in [9.17, 15) is 9.59 Å². The second kappa shape index (κ2) is 6.74. The van der Waals surface area contributed by atoms with Crippen LogP contribution in [-0.2, 0) is 11.3 Å². The standard InChI is InChI=1S/C17H24N2O2/c1-12(2)13(3)18-17(21)15-8-6-14(7-9-15)11-19-10-4-5-16(19)20/h6-9,12-13H,4-5,10-11H2,1-3H3,(H,18,21)/t13-/m0/s1. The number of likely N-dealkylation sites (tertiary alicyclic amines) is 1. The summed E-state index contributed by atoms with van der Waals surface area (Å²) in [6.07, 6.45) is 1.61. The minimum Gasteiger partial charge on any atom is -0.349 e. The Morgan fingerprint density at radius 2 is 1.90 bits per heavy atom. The molecular formula is C17H24N2O2. The first-order valence-corrected chi connectivity index (χ1v) is 7.65. The Labute approximate surface area is 126 Å². The zero-order valence-electron chi connectivity index (χ0n) is 13.1. The maximum atomic E-state index is 12.1. The van der Waals surface area contributed by atoms with Crippen molar-refractivity contribution in [2.24, 2.45) is 5.92 Å². The highest BCUT2D eigenvalue weighted by molar-refractivity contribution is 5.94. The van der Waals surface area contributed by atoms with Gasteiger partial charge in [0.25, 0.3) is 5.91 Å². The van der Waals surface area contributed by atoms with Gasteiger partial charge in [-0.1, -0.05) is 26.0 Å². The third-order valence-corrected chi connectivity index (χ3v) is 4.12. The van der Waals surface area contributed by atoms with Gasteiger partial charge < -0.3 is 10.2 Å². The van der Waals surface area contributed by atoms with Crippen molar-refractivity contribution in [3.8, 4) is 0 Å². The topological polar surface area (TPSA) is 49.4 Å². The molecule has 1 aliphatic heterocycles. The van der Waals surface area contributed by atoms with Crippen molar-refractivity contribution >= 4 is 11.8 Å². The Morgan fingerprint density at radius 1 is 1.24 bits per heavy atom. The summed E-state index contributed by atoms with van der Waals surface area (Å²) in [4.78, 5) is 25.6. The van der Waals surface area contributed by atoms with Gasteiger partial charge in [-0.2, -0.15) is 0 Å². The second-order valence-electron chi connectivity index (χ2n) is 6.12. The van der Waals surface area contributed by atoms with Crippen LogP contribution in [0.3, 0.4) is 0 Å². The van der Waals surface area contributed by atoms with E-state index in [1.807, 2.05) is 36.1 Å². The third-order valence-electron chi connectivity index (χ3n) is 4.12. The molecule has 1 heterocycles. The molecule has 2 rings (SSSR count). The SMILES string of the molecule is CC(C)[C@H](C)NC(=O)c1ccc(CN2CCCC2=O)cc1. The predicted molar refractivity (Wildman–Crippen MR) is 82.9 cm³/mol. The van der Waals surface area contributed by atoms with Crippen LogP contribution in [0, 0.1) is 5.92 Å². The lowest BCUT2D eigenvalue weighted by Gasteiger charge is -2.18. The van der Waals surface area contributed by atoms with Gasteiger partial charge in [0.2, 0.25) is 5.91 Å². The highest BCUT2D eigenvalue weighted by Gasteiger charge is 2.20. The van der Waals surface area contributed by atoms with Crippen molar-refractivity contribution in [1.29, 1.82) is 0 Å². The molecule has 0 spiro atoms. The Kier molecular flexibility index (Phi) is 4.99. The maximum Gasteiger partial charge on any atom is 0.251 e. The smallest absolute Gasteiger partial charge is 0.251 e. The molecule has 0 bridgehead atoms. The average molecular weight is 288 g/mol. The van der Waals surface area contributed by atoms with Gasteiger partial charge in [-0.25, -0.2) is 0 Å². The van der Waals surface area contributed by atoms with E-state index in [0.717, 1.165) is 18.5 Å². The number of rotatable bonds is 5. The van der Waals surface area contributed by atoms with Crippen molar-refractivity contribution in [2.45, 2.75) is 46.2 Å². The molecule has 1 atom stereocenters. The number of amides is 2. The molecule has 0 radical (unpaired) electrons. The number of benzene rings is 1. The highest BCUT2D eigenvalue weighted by atomic mass is 16.2. The highest BCUT2D eigenvalue weighted by Crippen LogP contribution is 2.15. The first-order valence-electron chi connectivity index (χ1n) is 7.65. The number of hydrogen-bond acceptors (Lipinski definition) is 2. The number of nitrogens with zero attached hydrogens (tertiary/aromatic N) is 1. The Hall–Kier alpha value is -1.84. The van der Waals surface area contributed by atoms with Crippen molar-refractivity contribution in [3.05, 3.63) is 35.4 Å². The largest absolute Gasteiger partial charge is 0.349 e. The number of carbonyl (C=O) groups is 2. The molecule has 4 heteroatoms. The monoisotopic (exact) mass is 288 g/mol. The Morgan fingerprint density at radius 3 is 2.43 bits per heavy atom. The molecule has 1 fully saturated rings. The van der Waals surface area contributed by atoms with E-state index in [1.54, 1.807) is 0 Å². The molecule has 21 heavy (non-hydrogen) atoms. The molecule has 0 aliphatic carbocycles. The van der Waals surface area contributed by atoms with E-state index in [0.29, 0.717) is 24.4 Å². The van der Waals surface area contributed by atoms with E-state index < -0.39 is 0 Å². The van der Waals surface area contributed by atoms with Crippen LogP contribution in [0.1, 0.15) is 49.5 Å². The lowest BCUT2D eigenvalue weighted by atomic mass is 10.1. The molecule has 0 saturated carbocycles. The predicted octanol–water partition coefficient (Wildman–Crippen LogP) is 2.58. The zero-order valence-corrected chi connectivity index (χ0v) is 13.1. The fourth-order valence-electron chi connectivity index (χ4n) is 2.31. The Bertz CT molecular complexity index is 508. The fraction of sp³-hybridized carbons (Fsp3) is 0.529. The summed E-state index contributed by atoms with van der Waals surface area (Å²) >= 11 is 0. The van der Waals surface area contributed by atoms with Crippen LogP contribution in [0.25, 0.3) is 0 Å². The van der Waals surface area contributed by atoms with Crippen LogP contribution in [0.15, 0.2) is 24.3 Å². The molecule has 1 aromatic carbocycles. The minimum absolute atomic E-state index is 0.0417. The summed E-state index contributed by atoms with van der Waals surface area (Å²) in [7, 11) is 0. The molecule has 1 aromatic rings. The van der Waals surface area contributed by atoms with Crippen LogP contribution in [0.5, 0.6) is 0 Å². The van der Waals surface area contributed by atoms with Gasteiger partial charge in [-0.15, -0.1) is 0 Å². The van der Waals surface area contributed by atoms with Gasteiger partial charge in [0.05, 0.1) is 0 Å². The summed E-state index contributed by atoms with van der Waals surface area (Å²) in [6, 6.07) is 7.68. The van der Waals surface area contributed by atoms with Gasteiger partial charge in [0, 0.05) is 31.1 Å². The maximum absolute atomic E-state index is 12.1. The van der Waals surface area contributed by atoms with Crippen molar-refractivity contribution in [3.63, 3.8) is 0 Å². The normalized spacial score (nSPS) is 16.4. The number of nitrogens with one attached hydrogen (secondary N) is 1. The quantitative estimate of drug-likeness (QED) is 0.905. The van der Waals surface area contributed by atoms with E-state index >= 15 is 0 Å². The summed E-state index contributed by atoms with van der Waals surface area (Å²) in [5, 5.41) is 2.99. The van der Waals surface area contributed by atoms with Crippen LogP contribution in [0.4, 0.5) is 0 Å². The molecule has 4 nitrogen and oxygen atoms in total.